The van der Waals surface area contributed by atoms with Crippen LogP contribution in [0.4, 0.5) is 0 Å². The van der Waals surface area contributed by atoms with E-state index in [0.29, 0.717) is 19.1 Å². The third-order valence-corrected chi connectivity index (χ3v) is 4.28. The number of benzene rings is 1. The maximum absolute atomic E-state index is 10.3. The number of rotatable bonds is 6. The molecule has 1 saturated heterocycles. The van der Waals surface area contributed by atoms with E-state index in [1.165, 1.54) is 5.56 Å². The quantitative estimate of drug-likeness (QED) is 0.864. The molecular weight excluding hydrogens is 264 g/mol. The topological polar surface area (TPSA) is 35.9 Å². The predicted molar refractivity (Wildman–Crippen MR) is 85.2 cm³/mol. The molecule has 1 N–H and O–H groups in total. The summed E-state index contributed by atoms with van der Waals surface area (Å²) in [5.74, 6) is 0. The zero-order chi connectivity index (χ0) is 15.2. The van der Waals surface area contributed by atoms with E-state index in [1.54, 1.807) is 0 Å². The summed E-state index contributed by atoms with van der Waals surface area (Å²) in [6, 6.07) is 10.7. The van der Waals surface area contributed by atoms with Crippen LogP contribution in [0.2, 0.25) is 0 Å². The van der Waals surface area contributed by atoms with Gasteiger partial charge >= 0.3 is 0 Å². The van der Waals surface area contributed by atoms with Gasteiger partial charge in [-0.25, -0.2) is 0 Å². The van der Waals surface area contributed by atoms with E-state index in [4.69, 9.17) is 4.74 Å². The Morgan fingerprint density at radius 3 is 2.76 bits per heavy atom. The van der Waals surface area contributed by atoms with E-state index in [2.05, 4.69) is 55.0 Å². The number of aliphatic hydroxyl groups is 1. The number of likely N-dealkylation sites (N-methyl/N-ethyl adjacent to an activating group) is 1. The monoisotopic (exact) mass is 292 g/mol. The molecule has 0 radical (unpaired) electrons. The van der Waals surface area contributed by atoms with E-state index in [1.807, 2.05) is 6.07 Å². The number of β-amino-alcohol motifs (C(OH)–C–C–N with tert-alkyl or cyclic N) is 1. The lowest BCUT2D eigenvalue weighted by Gasteiger charge is -2.39. The molecule has 3 atom stereocenters. The van der Waals surface area contributed by atoms with Crippen LogP contribution >= 0.6 is 0 Å². The molecule has 1 aliphatic rings. The average Bonchev–Trinajstić information content (AvgIpc) is 2.44. The van der Waals surface area contributed by atoms with Crippen LogP contribution in [0.15, 0.2) is 30.3 Å². The lowest BCUT2D eigenvalue weighted by atomic mass is 10.1. The van der Waals surface area contributed by atoms with Gasteiger partial charge in [0.25, 0.3) is 0 Å². The minimum absolute atomic E-state index is 0.244. The highest BCUT2D eigenvalue weighted by Gasteiger charge is 2.27. The fourth-order valence-electron chi connectivity index (χ4n) is 2.90. The number of aliphatic hydroxyl groups excluding tert-OH is 1. The van der Waals surface area contributed by atoms with Crippen LogP contribution in [0.1, 0.15) is 19.4 Å². The highest BCUT2D eigenvalue weighted by atomic mass is 16.5. The summed E-state index contributed by atoms with van der Waals surface area (Å²) in [6.45, 7) is 8.21. The van der Waals surface area contributed by atoms with Gasteiger partial charge in [-0.3, -0.25) is 9.80 Å². The summed E-state index contributed by atoms with van der Waals surface area (Å²) in [5, 5.41) is 10.3. The van der Waals surface area contributed by atoms with Crippen LogP contribution in [0, 0.1) is 0 Å². The molecule has 0 aliphatic carbocycles. The Balaban J connectivity index is 1.77. The zero-order valence-corrected chi connectivity index (χ0v) is 13.4. The van der Waals surface area contributed by atoms with Crippen molar-refractivity contribution in [3.05, 3.63) is 35.9 Å². The van der Waals surface area contributed by atoms with Gasteiger partial charge in [-0.05, 0) is 26.5 Å². The van der Waals surface area contributed by atoms with Crippen molar-refractivity contribution >= 4 is 0 Å². The van der Waals surface area contributed by atoms with E-state index in [-0.39, 0.29) is 12.2 Å². The van der Waals surface area contributed by atoms with E-state index in [0.717, 1.165) is 19.7 Å². The van der Waals surface area contributed by atoms with Crippen molar-refractivity contribution < 1.29 is 9.84 Å². The fourth-order valence-corrected chi connectivity index (χ4v) is 2.90. The standard InChI is InChI=1S/C17H28N2O2/c1-14-15(2)21-10-9-19(14)13-17(20)12-18(3)11-16-7-5-4-6-8-16/h4-8,14-15,17,20H,9-13H2,1-3H3. The van der Waals surface area contributed by atoms with Crippen LogP contribution < -0.4 is 0 Å². The summed E-state index contributed by atoms with van der Waals surface area (Å²) in [4.78, 5) is 4.50. The van der Waals surface area contributed by atoms with Crippen LogP contribution in [0.25, 0.3) is 0 Å². The Bertz CT molecular complexity index is 413. The van der Waals surface area contributed by atoms with Gasteiger partial charge in [0.05, 0.1) is 18.8 Å². The Labute approximate surface area is 128 Å². The highest BCUT2D eigenvalue weighted by Crippen LogP contribution is 2.14. The van der Waals surface area contributed by atoms with Gasteiger partial charge in [0.15, 0.2) is 0 Å². The third kappa shape index (κ3) is 5.08. The molecule has 1 fully saturated rings. The summed E-state index contributed by atoms with van der Waals surface area (Å²) in [6.07, 6.45) is -0.0838. The SMILES string of the molecule is CC1OCCN(CC(O)CN(C)Cc2ccccc2)C1C. The van der Waals surface area contributed by atoms with Crippen LogP contribution in [-0.4, -0.2) is 66.4 Å². The Kier molecular flexibility index (Phi) is 6.18. The van der Waals surface area contributed by atoms with Gasteiger partial charge in [0, 0.05) is 32.2 Å². The summed E-state index contributed by atoms with van der Waals surface area (Å²) < 4.78 is 5.63. The highest BCUT2D eigenvalue weighted by molar-refractivity contribution is 5.14. The largest absolute Gasteiger partial charge is 0.390 e. The molecule has 1 aromatic rings. The van der Waals surface area contributed by atoms with E-state index < -0.39 is 0 Å². The van der Waals surface area contributed by atoms with Crippen LogP contribution in [0.5, 0.6) is 0 Å². The average molecular weight is 292 g/mol. The molecule has 0 aromatic heterocycles. The summed E-state index contributed by atoms with van der Waals surface area (Å²) >= 11 is 0. The van der Waals surface area contributed by atoms with Gasteiger partial charge < -0.3 is 9.84 Å². The molecule has 0 saturated carbocycles. The number of hydrogen-bond acceptors (Lipinski definition) is 4. The molecule has 1 aromatic carbocycles. The number of hydrogen-bond donors (Lipinski definition) is 1. The number of morpholine rings is 1. The normalized spacial score (nSPS) is 25.2. The predicted octanol–water partition coefficient (Wildman–Crippen LogP) is 1.59. The first-order valence-electron chi connectivity index (χ1n) is 7.82. The lowest BCUT2D eigenvalue weighted by Crippen LogP contribution is -2.52. The van der Waals surface area contributed by atoms with Crippen molar-refractivity contribution in [1.29, 1.82) is 0 Å². The first-order valence-corrected chi connectivity index (χ1v) is 7.82. The molecule has 21 heavy (non-hydrogen) atoms. The minimum atomic E-state index is -0.327. The van der Waals surface area contributed by atoms with Crippen LogP contribution in [0.3, 0.4) is 0 Å². The second-order valence-corrected chi connectivity index (χ2v) is 6.15. The first kappa shape index (κ1) is 16.4. The van der Waals surface area contributed by atoms with Crippen molar-refractivity contribution in [2.45, 2.75) is 38.6 Å². The second-order valence-electron chi connectivity index (χ2n) is 6.15. The second kappa shape index (κ2) is 7.90. The minimum Gasteiger partial charge on any atom is -0.390 e. The summed E-state index contributed by atoms with van der Waals surface area (Å²) in [5.41, 5.74) is 1.28. The Morgan fingerprint density at radius 1 is 1.33 bits per heavy atom. The zero-order valence-electron chi connectivity index (χ0n) is 13.4. The Morgan fingerprint density at radius 2 is 2.05 bits per heavy atom. The van der Waals surface area contributed by atoms with Gasteiger partial charge in [0.1, 0.15) is 0 Å². The van der Waals surface area contributed by atoms with Gasteiger partial charge in [-0.1, -0.05) is 30.3 Å². The molecule has 4 nitrogen and oxygen atoms in total. The van der Waals surface area contributed by atoms with Crippen molar-refractivity contribution in [2.75, 3.05) is 33.3 Å². The van der Waals surface area contributed by atoms with E-state index in [9.17, 15) is 5.11 Å². The molecular formula is C17H28N2O2. The molecule has 1 aliphatic heterocycles. The third-order valence-electron chi connectivity index (χ3n) is 4.28. The number of ether oxygens (including phenoxy) is 1. The molecule has 2 rings (SSSR count). The van der Waals surface area contributed by atoms with Crippen molar-refractivity contribution in [3.8, 4) is 0 Å². The molecule has 0 amide bonds. The van der Waals surface area contributed by atoms with Crippen molar-refractivity contribution in [1.82, 2.24) is 9.80 Å². The fraction of sp³-hybridized carbons (Fsp3) is 0.647. The lowest BCUT2D eigenvalue weighted by molar-refractivity contribution is -0.0688. The van der Waals surface area contributed by atoms with Gasteiger partial charge in [-0.2, -0.15) is 0 Å². The van der Waals surface area contributed by atoms with Gasteiger partial charge in [0.2, 0.25) is 0 Å². The maximum Gasteiger partial charge on any atom is 0.0793 e. The Hall–Kier alpha value is -0.940. The molecule has 1 heterocycles. The molecule has 118 valence electrons. The molecule has 4 heteroatoms. The molecule has 3 unspecified atom stereocenters. The molecule has 0 spiro atoms. The van der Waals surface area contributed by atoms with Crippen molar-refractivity contribution in [2.24, 2.45) is 0 Å². The summed E-state index contributed by atoms with van der Waals surface area (Å²) in [7, 11) is 2.06. The maximum atomic E-state index is 10.3. The number of nitrogens with zero attached hydrogens (tertiary/aromatic N) is 2. The van der Waals surface area contributed by atoms with Gasteiger partial charge in [-0.15, -0.1) is 0 Å². The van der Waals surface area contributed by atoms with E-state index >= 15 is 0 Å². The smallest absolute Gasteiger partial charge is 0.0793 e. The molecule has 0 bridgehead atoms. The first-order chi connectivity index (χ1) is 10.1. The van der Waals surface area contributed by atoms with Crippen LogP contribution in [-0.2, 0) is 11.3 Å². The van der Waals surface area contributed by atoms with Crippen molar-refractivity contribution in [3.63, 3.8) is 0 Å².